The van der Waals surface area contributed by atoms with E-state index < -0.39 is 0 Å². The fourth-order valence-corrected chi connectivity index (χ4v) is 2.34. The van der Waals surface area contributed by atoms with E-state index in [9.17, 15) is 4.39 Å². The summed E-state index contributed by atoms with van der Waals surface area (Å²) >= 11 is 5.14. The molecule has 1 aromatic rings. The molecule has 4 heteroatoms. The van der Waals surface area contributed by atoms with Gasteiger partial charge in [0.15, 0.2) is 0 Å². The molecule has 0 aliphatic carbocycles. The van der Waals surface area contributed by atoms with Crippen LogP contribution in [0.5, 0.6) is 0 Å². The fourth-order valence-electron chi connectivity index (χ4n) is 1.30. The SMILES string of the molecule is CCSCC(C)NCc1ccc(Br)cc1F. The minimum absolute atomic E-state index is 0.155. The van der Waals surface area contributed by atoms with E-state index in [1.165, 1.54) is 6.07 Å². The second-order valence-electron chi connectivity index (χ2n) is 3.68. The number of hydrogen-bond acceptors (Lipinski definition) is 2. The number of hydrogen-bond donors (Lipinski definition) is 1. The summed E-state index contributed by atoms with van der Waals surface area (Å²) in [4.78, 5) is 0. The molecule has 0 heterocycles. The minimum atomic E-state index is -0.155. The first-order valence-corrected chi connectivity index (χ1v) is 7.33. The topological polar surface area (TPSA) is 12.0 Å². The highest BCUT2D eigenvalue weighted by Gasteiger charge is 2.05. The zero-order valence-corrected chi connectivity index (χ0v) is 12.0. The number of halogens is 2. The van der Waals surface area contributed by atoms with Crippen molar-refractivity contribution in [2.24, 2.45) is 0 Å². The van der Waals surface area contributed by atoms with Gasteiger partial charge in [0.05, 0.1) is 0 Å². The highest BCUT2D eigenvalue weighted by molar-refractivity contribution is 9.10. The molecule has 1 N–H and O–H groups in total. The molecule has 1 atom stereocenters. The first kappa shape index (κ1) is 14.0. The van der Waals surface area contributed by atoms with E-state index in [0.29, 0.717) is 12.6 Å². The maximum Gasteiger partial charge on any atom is 0.128 e. The molecule has 16 heavy (non-hydrogen) atoms. The summed E-state index contributed by atoms with van der Waals surface area (Å²) in [6.07, 6.45) is 0. The average Bonchev–Trinajstić information content (AvgIpc) is 2.25. The Bertz CT molecular complexity index is 333. The van der Waals surface area contributed by atoms with Crippen LogP contribution in [0.3, 0.4) is 0 Å². The second-order valence-corrected chi connectivity index (χ2v) is 5.91. The number of benzene rings is 1. The average molecular weight is 306 g/mol. The lowest BCUT2D eigenvalue weighted by molar-refractivity contribution is 0.556. The summed E-state index contributed by atoms with van der Waals surface area (Å²) in [6, 6.07) is 5.59. The van der Waals surface area contributed by atoms with Gasteiger partial charge in [-0.05, 0) is 24.8 Å². The lowest BCUT2D eigenvalue weighted by Crippen LogP contribution is -2.28. The van der Waals surface area contributed by atoms with Gasteiger partial charge in [0.2, 0.25) is 0 Å². The smallest absolute Gasteiger partial charge is 0.128 e. The van der Waals surface area contributed by atoms with Crippen LogP contribution in [0.4, 0.5) is 4.39 Å². The number of nitrogens with one attached hydrogen (secondary N) is 1. The molecule has 0 aromatic heterocycles. The predicted molar refractivity (Wildman–Crippen MR) is 73.4 cm³/mol. The minimum Gasteiger partial charge on any atom is -0.309 e. The van der Waals surface area contributed by atoms with Crippen LogP contribution in [0.1, 0.15) is 19.4 Å². The Morgan fingerprint density at radius 1 is 1.50 bits per heavy atom. The number of thioether (sulfide) groups is 1. The Morgan fingerprint density at radius 3 is 2.88 bits per heavy atom. The van der Waals surface area contributed by atoms with Crippen molar-refractivity contribution in [2.45, 2.75) is 26.4 Å². The highest BCUT2D eigenvalue weighted by Crippen LogP contribution is 2.15. The van der Waals surface area contributed by atoms with E-state index in [4.69, 9.17) is 0 Å². The van der Waals surface area contributed by atoms with Crippen LogP contribution in [-0.2, 0) is 6.54 Å². The van der Waals surface area contributed by atoms with Gasteiger partial charge >= 0.3 is 0 Å². The Kier molecular flexibility index (Phi) is 6.39. The Morgan fingerprint density at radius 2 is 2.25 bits per heavy atom. The van der Waals surface area contributed by atoms with Crippen LogP contribution >= 0.6 is 27.7 Å². The summed E-state index contributed by atoms with van der Waals surface area (Å²) in [5, 5.41) is 3.32. The van der Waals surface area contributed by atoms with Gasteiger partial charge in [-0.25, -0.2) is 4.39 Å². The molecular formula is C12H17BrFNS. The molecule has 0 spiro atoms. The third-order valence-electron chi connectivity index (χ3n) is 2.23. The third kappa shape index (κ3) is 4.85. The van der Waals surface area contributed by atoms with Crippen molar-refractivity contribution >= 4 is 27.7 Å². The summed E-state index contributed by atoms with van der Waals surface area (Å²) in [6.45, 7) is 4.86. The molecule has 0 radical (unpaired) electrons. The molecule has 0 saturated carbocycles. The lowest BCUT2D eigenvalue weighted by Gasteiger charge is -2.13. The molecule has 1 aromatic carbocycles. The number of rotatable bonds is 6. The van der Waals surface area contributed by atoms with E-state index in [0.717, 1.165) is 21.5 Å². The normalized spacial score (nSPS) is 12.8. The Labute approximate surface area is 109 Å². The van der Waals surface area contributed by atoms with Crippen molar-refractivity contribution in [3.63, 3.8) is 0 Å². The van der Waals surface area contributed by atoms with Crippen molar-refractivity contribution in [1.82, 2.24) is 5.32 Å². The van der Waals surface area contributed by atoms with Gasteiger partial charge in [-0.15, -0.1) is 0 Å². The summed E-state index contributed by atoms with van der Waals surface area (Å²) in [5.74, 6) is 2.03. The lowest BCUT2D eigenvalue weighted by atomic mass is 10.2. The third-order valence-corrected chi connectivity index (χ3v) is 3.87. The first-order chi connectivity index (χ1) is 7.63. The van der Waals surface area contributed by atoms with Crippen LogP contribution in [0.25, 0.3) is 0 Å². The van der Waals surface area contributed by atoms with Gasteiger partial charge in [0.25, 0.3) is 0 Å². The van der Waals surface area contributed by atoms with Crippen LogP contribution < -0.4 is 5.32 Å². The van der Waals surface area contributed by atoms with Gasteiger partial charge in [0, 0.05) is 28.4 Å². The van der Waals surface area contributed by atoms with Crippen molar-refractivity contribution in [3.05, 3.63) is 34.1 Å². The van der Waals surface area contributed by atoms with E-state index in [1.807, 2.05) is 23.9 Å². The summed E-state index contributed by atoms with van der Waals surface area (Å²) in [7, 11) is 0. The molecule has 90 valence electrons. The molecular weight excluding hydrogens is 289 g/mol. The van der Waals surface area contributed by atoms with Gasteiger partial charge < -0.3 is 5.32 Å². The molecule has 1 unspecified atom stereocenters. The Hall–Kier alpha value is -0.0600. The standard InChI is InChI=1S/C12H17BrFNS/c1-3-16-8-9(2)15-7-10-4-5-11(13)6-12(10)14/h4-6,9,15H,3,7-8H2,1-2H3. The highest BCUT2D eigenvalue weighted by atomic mass is 79.9. The largest absolute Gasteiger partial charge is 0.309 e. The van der Waals surface area contributed by atoms with Gasteiger partial charge in [-0.2, -0.15) is 11.8 Å². The Balaban J connectivity index is 2.42. The monoisotopic (exact) mass is 305 g/mol. The van der Waals surface area contributed by atoms with E-state index in [-0.39, 0.29) is 5.82 Å². The summed E-state index contributed by atoms with van der Waals surface area (Å²) < 4.78 is 14.3. The molecule has 1 rings (SSSR count). The molecule has 0 bridgehead atoms. The quantitative estimate of drug-likeness (QED) is 0.857. The summed E-state index contributed by atoms with van der Waals surface area (Å²) in [5.41, 5.74) is 0.719. The fraction of sp³-hybridized carbons (Fsp3) is 0.500. The zero-order valence-electron chi connectivity index (χ0n) is 9.59. The van der Waals surface area contributed by atoms with Crippen LogP contribution in [-0.4, -0.2) is 17.5 Å². The van der Waals surface area contributed by atoms with E-state index >= 15 is 0 Å². The van der Waals surface area contributed by atoms with E-state index in [2.05, 4.69) is 35.1 Å². The molecule has 0 amide bonds. The van der Waals surface area contributed by atoms with E-state index in [1.54, 1.807) is 0 Å². The second kappa shape index (κ2) is 7.30. The van der Waals surface area contributed by atoms with Crippen LogP contribution in [0.15, 0.2) is 22.7 Å². The maximum absolute atomic E-state index is 13.5. The van der Waals surface area contributed by atoms with Gasteiger partial charge in [-0.3, -0.25) is 0 Å². The maximum atomic E-state index is 13.5. The molecule has 1 nitrogen and oxygen atoms in total. The molecule has 0 saturated heterocycles. The molecule has 0 fully saturated rings. The van der Waals surface area contributed by atoms with Gasteiger partial charge in [0.1, 0.15) is 5.82 Å². The van der Waals surface area contributed by atoms with Crippen LogP contribution in [0, 0.1) is 5.82 Å². The van der Waals surface area contributed by atoms with Crippen molar-refractivity contribution in [3.8, 4) is 0 Å². The molecule has 0 aliphatic heterocycles. The van der Waals surface area contributed by atoms with Crippen molar-refractivity contribution in [1.29, 1.82) is 0 Å². The van der Waals surface area contributed by atoms with Crippen LogP contribution in [0.2, 0.25) is 0 Å². The predicted octanol–water partition coefficient (Wildman–Crippen LogP) is 3.82. The van der Waals surface area contributed by atoms with Crippen molar-refractivity contribution in [2.75, 3.05) is 11.5 Å². The molecule has 0 aliphatic rings. The first-order valence-electron chi connectivity index (χ1n) is 5.38. The zero-order chi connectivity index (χ0) is 12.0. The van der Waals surface area contributed by atoms with Gasteiger partial charge in [-0.1, -0.05) is 28.9 Å². The van der Waals surface area contributed by atoms with Crippen molar-refractivity contribution < 1.29 is 4.39 Å².